The maximum absolute atomic E-state index is 12.8. The van der Waals surface area contributed by atoms with E-state index in [0.29, 0.717) is 18.7 Å². The standard InChI is InChI=1S/C22H25NO3/c24-21(13-12-18-9-6-16-26-18)23-15-14-22(25,17-7-2-1-3-8-17)19-10-4-5-11-20(19)23/h1-3,6-9,12-13,16,19-20,25H,4-5,10-11,14-15H2/b13-12+. The lowest BCUT2D eigenvalue weighted by molar-refractivity contribution is -0.150. The van der Waals surface area contributed by atoms with Gasteiger partial charge in [-0.1, -0.05) is 43.2 Å². The second kappa shape index (κ2) is 7.12. The highest BCUT2D eigenvalue weighted by molar-refractivity contribution is 5.91. The molecule has 1 aliphatic heterocycles. The number of fused-ring (bicyclic) bond motifs is 1. The Morgan fingerprint density at radius 1 is 1.15 bits per heavy atom. The second-order valence-electron chi connectivity index (χ2n) is 7.38. The van der Waals surface area contributed by atoms with E-state index in [-0.39, 0.29) is 17.9 Å². The van der Waals surface area contributed by atoms with Crippen LogP contribution >= 0.6 is 0 Å². The number of likely N-dealkylation sites (tertiary alicyclic amines) is 1. The topological polar surface area (TPSA) is 53.7 Å². The Kier molecular flexibility index (Phi) is 4.68. The first-order chi connectivity index (χ1) is 12.7. The van der Waals surface area contributed by atoms with Crippen LogP contribution in [-0.2, 0) is 10.4 Å². The number of rotatable bonds is 3. The molecular formula is C22H25NO3. The van der Waals surface area contributed by atoms with Gasteiger partial charge in [-0.2, -0.15) is 0 Å². The molecule has 1 saturated carbocycles. The first kappa shape index (κ1) is 17.1. The van der Waals surface area contributed by atoms with Crippen LogP contribution in [0.5, 0.6) is 0 Å². The van der Waals surface area contributed by atoms with Crippen molar-refractivity contribution in [1.82, 2.24) is 4.90 Å². The number of hydrogen-bond acceptors (Lipinski definition) is 3. The van der Waals surface area contributed by atoms with Crippen molar-refractivity contribution in [2.45, 2.75) is 43.7 Å². The van der Waals surface area contributed by atoms with Gasteiger partial charge in [0.1, 0.15) is 5.76 Å². The molecule has 1 aromatic heterocycles. The number of carbonyl (C=O) groups is 1. The fourth-order valence-electron chi connectivity index (χ4n) is 4.68. The normalized spacial score (nSPS) is 28.9. The lowest BCUT2D eigenvalue weighted by atomic mass is 9.66. The van der Waals surface area contributed by atoms with Crippen molar-refractivity contribution < 1.29 is 14.3 Å². The van der Waals surface area contributed by atoms with Crippen LogP contribution in [0.25, 0.3) is 6.08 Å². The van der Waals surface area contributed by atoms with Crippen LogP contribution in [0.3, 0.4) is 0 Å². The lowest BCUT2D eigenvalue weighted by Gasteiger charge is -2.52. The van der Waals surface area contributed by atoms with Crippen LogP contribution in [0, 0.1) is 5.92 Å². The molecule has 3 atom stereocenters. The molecule has 0 radical (unpaired) electrons. The summed E-state index contributed by atoms with van der Waals surface area (Å²) in [6.07, 6.45) is 9.64. The zero-order chi connectivity index (χ0) is 18.0. The molecule has 26 heavy (non-hydrogen) atoms. The van der Waals surface area contributed by atoms with Crippen LogP contribution in [0.1, 0.15) is 43.4 Å². The summed E-state index contributed by atoms with van der Waals surface area (Å²) in [6.45, 7) is 0.577. The second-order valence-corrected chi connectivity index (χ2v) is 7.38. The minimum Gasteiger partial charge on any atom is -0.465 e. The van der Waals surface area contributed by atoms with Gasteiger partial charge in [0, 0.05) is 24.6 Å². The number of aliphatic hydroxyl groups is 1. The van der Waals surface area contributed by atoms with Crippen LogP contribution in [-0.4, -0.2) is 28.5 Å². The smallest absolute Gasteiger partial charge is 0.246 e. The monoisotopic (exact) mass is 351 g/mol. The zero-order valence-electron chi connectivity index (χ0n) is 14.9. The molecule has 0 bridgehead atoms. The van der Waals surface area contributed by atoms with E-state index < -0.39 is 5.60 Å². The van der Waals surface area contributed by atoms with Gasteiger partial charge in [0.2, 0.25) is 5.91 Å². The number of nitrogens with zero attached hydrogens (tertiary/aromatic N) is 1. The predicted octanol–water partition coefficient (Wildman–Crippen LogP) is 3.97. The van der Waals surface area contributed by atoms with E-state index in [4.69, 9.17) is 4.42 Å². The van der Waals surface area contributed by atoms with Crippen molar-refractivity contribution in [3.05, 3.63) is 66.1 Å². The summed E-state index contributed by atoms with van der Waals surface area (Å²) in [5, 5.41) is 11.5. The highest BCUT2D eigenvalue weighted by atomic mass is 16.3. The Hall–Kier alpha value is -2.33. The number of benzene rings is 1. The van der Waals surface area contributed by atoms with Crippen LogP contribution in [0.4, 0.5) is 0 Å². The van der Waals surface area contributed by atoms with Crippen molar-refractivity contribution >= 4 is 12.0 Å². The number of furan rings is 1. The quantitative estimate of drug-likeness (QED) is 0.851. The summed E-state index contributed by atoms with van der Waals surface area (Å²) in [6, 6.07) is 13.7. The molecule has 2 aromatic rings. The molecule has 1 aromatic carbocycles. The van der Waals surface area contributed by atoms with Crippen LogP contribution in [0.15, 0.2) is 59.2 Å². The average molecular weight is 351 g/mol. The minimum absolute atomic E-state index is 0.00779. The molecule has 0 spiro atoms. The third-order valence-corrected chi connectivity index (χ3v) is 5.97. The molecule has 1 saturated heterocycles. The number of amides is 1. The van der Waals surface area contributed by atoms with Crippen LogP contribution < -0.4 is 0 Å². The Labute approximate surface area is 154 Å². The molecule has 2 heterocycles. The van der Waals surface area contributed by atoms with Crippen molar-refractivity contribution in [2.24, 2.45) is 5.92 Å². The summed E-state index contributed by atoms with van der Waals surface area (Å²) >= 11 is 0. The van der Waals surface area contributed by atoms with Gasteiger partial charge < -0.3 is 14.4 Å². The van der Waals surface area contributed by atoms with E-state index >= 15 is 0 Å². The summed E-state index contributed by atoms with van der Waals surface area (Å²) in [4.78, 5) is 14.8. The number of piperidine rings is 1. The molecule has 1 N–H and O–H groups in total. The van der Waals surface area contributed by atoms with E-state index in [2.05, 4.69) is 0 Å². The number of carbonyl (C=O) groups excluding carboxylic acids is 1. The molecule has 4 heteroatoms. The highest BCUT2D eigenvalue weighted by Crippen LogP contribution is 2.46. The third kappa shape index (κ3) is 3.10. The fourth-order valence-corrected chi connectivity index (χ4v) is 4.68. The minimum atomic E-state index is -0.839. The highest BCUT2D eigenvalue weighted by Gasteiger charge is 2.49. The SMILES string of the molecule is O=C(/C=C/c1ccco1)N1CCC(O)(c2ccccc2)C2CCCCC21. The maximum atomic E-state index is 12.8. The van der Waals surface area contributed by atoms with Gasteiger partial charge >= 0.3 is 0 Å². The van der Waals surface area contributed by atoms with Crippen molar-refractivity contribution in [1.29, 1.82) is 0 Å². The predicted molar refractivity (Wildman–Crippen MR) is 100 cm³/mol. The third-order valence-electron chi connectivity index (χ3n) is 5.97. The van der Waals surface area contributed by atoms with Gasteiger partial charge in [0.15, 0.2) is 0 Å². The van der Waals surface area contributed by atoms with Gasteiger partial charge in [-0.25, -0.2) is 0 Å². The summed E-state index contributed by atoms with van der Waals surface area (Å²) in [5.74, 6) is 0.776. The Bertz CT molecular complexity index is 768. The van der Waals surface area contributed by atoms with E-state index in [1.807, 2.05) is 47.4 Å². The molecule has 4 rings (SSSR count). The molecule has 2 aliphatic rings. The number of hydrogen-bond donors (Lipinski definition) is 1. The van der Waals surface area contributed by atoms with Gasteiger partial charge in [0.05, 0.1) is 11.9 Å². The Morgan fingerprint density at radius 3 is 2.73 bits per heavy atom. The fraction of sp³-hybridized carbons (Fsp3) is 0.409. The maximum Gasteiger partial charge on any atom is 0.246 e. The summed E-state index contributed by atoms with van der Waals surface area (Å²) < 4.78 is 5.27. The molecule has 3 unspecified atom stereocenters. The van der Waals surface area contributed by atoms with Crippen molar-refractivity contribution in [3.63, 3.8) is 0 Å². The van der Waals surface area contributed by atoms with E-state index in [0.717, 1.165) is 31.2 Å². The first-order valence-corrected chi connectivity index (χ1v) is 9.48. The van der Waals surface area contributed by atoms with Crippen molar-refractivity contribution in [2.75, 3.05) is 6.54 Å². The van der Waals surface area contributed by atoms with E-state index in [1.54, 1.807) is 18.4 Å². The molecule has 1 amide bonds. The Balaban J connectivity index is 1.57. The summed E-state index contributed by atoms with van der Waals surface area (Å²) in [7, 11) is 0. The molecule has 2 fully saturated rings. The van der Waals surface area contributed by atoms with Gasteiger partial charge in [-0.3, -0.25) is 4.79 Å². The van der Waals surface area contributed by atoms with Gasteiger partial charge in [0.25, 0.3) is 0 Å². The van der Waals surface area contributed by atoms with E-state index in [1.165, 1.54) is 0 Å². The van der Waals surface area contributed by atoms with Crippen LogP contribution in [0.2, 0.25) is 0 Å². The van der Waals surface area contributed by atoms with Gasteiger partial charge in [-0.05, 0) is 43.0 Å². The molecule has 136 valence electrons. The zero-order valence-corrected chi connectivity index (χ0v) is 14.9. The molecular weight excluding hydrogens is 326 g/mol. The average Bonchev–Trinajstić information content (AvgIpc) is 3.21. The largest absolute Gasteiger partial charge is 0.465 e. The van der Waals surface area contributed by atoms with Gasteiger partial charge in [-0.15, -0.1) is 0 Å². The van der Waals surface area contributed by atoms with E-state index in [9.17, 15) is 9.90 Å². The molecule has 1 aliphatic carbocycles. The first-order valence-electron chi connectivity index (χ1n) is 9.48. The lowest BCUT2D eigenvalue weighted by Crippen LogP contribution is -2.58. The molecule has 4 nitrogen and oxygen atoms in total. The summed E-state index contributed by atoms with van der Waals surface area (Å²) in [5.41, 5.74) is 0.142. The van der Waals surface area contributed by atoms with Crippen molar-refractivity contribution in [3.8, 4) is 0 Å². The Morgan fingerprint density at radius 2 is 1.96 bits per heavy atom.